The Bertz CT molecular complexity index is 774. The minimum absolute atomic E-state index is 0.0110. The molecule has 0 unspecified atom stereocenters. The van der Waals surface area contributed by atoms with E-state index < -0.39 is 10.8 Å². The van der Waals surface area contributed by atoms with Crippen molar-refractivity contribution in [2.75, 3.05) is 19.0 Å². The Balaban J connectivity index is 2.06. The zero-order valence-electron chi connectivity index (χ0n) is 13.7. The Morgan fingerprint density at radius 2 is 2.00 bits per heavy atom. The number of hydrogen-bond donors (Lipinski definition) is 1. The molecular formula is C17H18N2O5. The summed E-state index contributed by atoms with van der Waals surface area (Å²) in [6.45, 7) is 3.52. The average molecular weight is 330 g/mol. The number of benzene rings is 2. The molecule has 0 saturated heterocycles. The Hall–Kier alpha value is -3.09. The Morgan fingerprint density at radius 1 is 1.25 bits per heavy atom. The van der Waals surface area contributed by atoms with Gasteiger partial charge in [0.2, 0.25) is 0 Å². The van der Waals surface area contributed by atoms with E-state index in [0.29, 0.717) is 11.4 Å². The standard InChI is InChI=1S/C17H18N2O5/c1-11-5-4-6-14(12(11)2)18-17(20)10-24-16-8-7-13(23-3)9-15(16)19(21)22/h4-9H,10H2,1-3H3,(H,18,20). The van der Waals surface area contributed by atoms with Crippen LogP contribution < -0.4 is 14.8 Å². The van der Waals surface area contributed by atoms with Crippen molar-refractivity contribution < 1.29 is 19.2 Å². The number of carbonyl (C=O) groups excluding carboxylic acids is 1. The fourth-order valence-corrected chi connectivity index (χ4v) is 2.10. The van der Waals surface area contributed by atoms with Crippen molar-refractivity contribution in [3.63, 3.8) is 0 Å². The van der Waals surface area contributed by atoms with Gasteiger partial charge in [-0.2, -0.15) is 0 Å². The van der Waals surface area contributed by atoms with Gasteiger partial charge in [-0.25, -0.2) is 0 Å². The lowest BCUT2D eigenvalue weighted by Crippen LogP contribution is -2.21. The van der Waals surface area contributed by atoms with Crippen LogP contribution in [0.1, 0.15) is 11.1 Å². The van der Waals surface area contributed by atoms with Crippen LogP contribution in [0.15, 0.2) is 36.4 Å². The van der Waals surface area contributed by atoms with Crippen LogP contribution in [-0.4, -0.2) is 24.5 Å². The first-order valence-electron chi connectivity index (χ1n) is 7.23. The highest BCUT2D eigenvalue weighted by Gasteiger charge is 2.17. The van der Waals surface area contributed by atoms with Gasteiger partial charge in [-0.15, -0.1) is 0 Å². The fraction of sp³-hybridized carbons (Fsp3) is 0.235. The lowest BCUT2D eigenvalue weighted by atomic mass is 10.1. The molecular weight excluding hydrogens is 312 g/mol. The minimum atomic E-state index is -0.583. The zero-order chi connectivity index (χ0) is 17.7. The number of amides is 1. The lowest BCUT2D eigenvalue weighted by molar-refractivity contribution is -0.385. The van der Waals surface area contributed by atoms with Gasteiger partial charge in [0.25, 0.3) is 5.91 Å². The Morgan fingerprint density at radius 3 is 2.67 bits per heavy atom. The number of ether oxygens (including phenoxy) is 2. The van der Waals surface area contributed by atoms with E-state index in [4.69, 9.17) is 9.47 Å². The summed E-state index contributed by atoms with van der Waals surface area (Å²) in [5.74, 6) is -0.0420. The minimum Gasteiger partial charge on any atom is -0.496 e. The molecule has 2 aromatic rings. The molecule has 7 nitrogen and oxygen atoms in total. The normalized spacial score (nSPS) is 10.1. The SMILES string of the molecule is COc1ccc(OCC(=O)Nc2cccc(C)c2C)c([N+](=O)[O-])c1. The van der Waals surface area contributed by atoms with Crippen molar-refractivity contribution >= 4 is 17.3 Å². The highest BCUT2D eigenvalue weighted by molar-refractivity contribution is 5.92. The van der Waals surface area contributed by atoms with Gasteiger partial charge in [0, 0.05) is 5.69 Å². The summed E-state index contributed by atoms with van der Waals surface area (Å²) in [6, 6.07) is 9.76. The molecule has 2 aromatic carbocycles. The number of anilines is 1. The monoisotopic (exact) mass is 330 g/mol. The van der Waals surface area contributed by atoms with E-state index in [1.54, 1.807) is 6.07 Å². The Kier molecular flexibility index (Phi) is 5.36. The summed E-state index contributed by atoms with van der Waals surface area (Å²) in [5, 5.41) is 13.8. The Labute approximate surface area is 139 Å². The number of aryl methyl sites for hydroxylation is 1. The molecule has 1 amide bonds. The molecule has 0 aromatic heterocycles. The van der Waals surface area contributed by atoms with Gasteiger partial charge in [0.15, 0.2) is 12.4 Å². The van der Waals surface area contributed by atoms with Crippen LogP contribution in [0, 0.1) is 24.0 Å². The van der Waals surface area contributed by atoms with Crippen molar-refractivity contribution in [2.24, 2.45) is 0 Å². The number of nitrogens with zero attached hydrogens (tertiary/aromatic N) is 1. The summed E-state index contributed by atoms with van der Waals surface area (Å²) in [6.07, 6.45) is 0. The number of hydrogen-bond acceptors (Lipinski definition) is 5. The van der Waals surface area contributed by atoms with Crippen LogP contribution in [0.3, 0.4) is 0 Å². The first kappa shape index (κ1) is 17.3. The molecule has 0 heterocycles. The lowest BCUT2D eigenvalue weighted by Gasteiger charge is -2.11. The van der Waals surface area contributed by atoms with E-state index in [-0.39, 0.29) is 18.0 Å². The third-order valence-electron chi connectivity index (χ3n) is 3.60. The highest BCUT2D eigenvalue weighted by atomic mass is 16.6. The second kappa shape index (κ2) is 7.45. The van der Waals surface area contributed by atoms with Crippen molar-refractivity contribution in [3.05, 3.63) is 57.6 Å². The van der Waals surface area contributed by atoms with E-state index in [2.05, 4.69) is 5.32 Å². The van der Waals surface area contributed by atoms with Crippen molar-refractivity contribution in [2.45, 2.75) is 13.8 Å². The van der Waals surface area contributed by atoms with Gasteiger partial charge >= 0.3 is 5.69 Å². The number of rotatable bonds is 6. The smallest absolute Gasteiger partial charge is 0.314 e. The maximum atomic E-state index is 12.0. The fourth-order valence-electron chi connectivity index (χ4n) is 2.10. The van der Waals surface area contributed by atoms with Gasteiger partial charge in [-0.3, -0.25) is 14.9 Å². The van der Waals surface area contributed by atoms with E-state index in [1.165, 1.54) is 25.3 Å². The summed E-state index contributed by atoms with van der Waals surface area (Å²) in [7, 11) is 1.41. The van der Waals surface area contributed by atoms with Crippen LogP contribution in [0.2, 0.25) is 0 Å². The van der Waals surface area contributed by atoms with Crippen molar-refractivity contribution in [3.8, 4) is 11.5 Å². The van der Waals surface area contributed by atoms with E-state index >= 15 is 0 Å². The molecule has 24 heavy (non-hydrogen) atoms. The highest BCUT2D eigenvalue weighted by Crippen LogP contribution is 2.31. The van der Waals surface area contributed by atoms with E-state index in [9.17, 15) is 14.9 Å². The maximum absolute atomic E-state index is 12.0. The molecule has 0 bridgehead atoms. The predicted molar refractivity (Wildman–Crippen MR) is 89.7 cm³/mol. The zero-order valence-corrected chi connectivity index (χ0v) is 13.7. The van der Waals surface area contributed by atoms with Crippen LogP contribution in [0.5, 0.6) is 11.5 Å². The topological polar surface area (TPSA) is 90.7 Å². The maximum Gasteiger partial charge on any atom is 0.314 e. The van der Waals surface area contributed by atoms with Crippen LogP contribution in [-0.2, 0) is 4.79 Å². The molecule has 0 saturated carbocycles. The molecule has 0 aliphatic rings. The molecule has 126 valence electrons. The first-order valence-corrected chi connectivity index (χ1v) is 7.23. The second-order valence-electron chi connectivity index (χ2n) is 5.18. The summed E-state index contributed by atoms with van der Waals surface area (Å²) >= 11 is 0. The van der Waals surface area contributed by atoms with Crippen LogP contribution in [0.25, 0.3) is 0 Å². The predicted octanol–water partition coefficient (Wildman–Crippen LogP) is 3.24. The third-order valence-corrected chi connectivity index (χ3v) is 3.60. The number of nitro groups is 1. The molecule has 1 N–H and O–H groups in total. The van der Waals surface area contributed by atoms with E-state index in [1.807, 2.05) is 26.0 Å². The summed E-state index contributed by atoms with van der Waals surface area (Å²) in [5.41, 5.74) is 2.45. The number of methoxy groups -OCH3 is 1. The molecule has 0 aliphatic heterocycles. The van der Waals surface area contributed by atoms with Crippen LogP contribution >= 0.6 is 0 Å². The molecule has 0 atom stereocenters. The van der Waals surface area contributed by atoms with Crippen LogP contribution in [0.4, 0.5) is 11.4 Å². The van der Waals surface area contributed by atoms with Gasteiger partial charge in [-0.1, -0.05) is 12.1 Å². The van der Waals surface area contributed by atoms with Gasteiger partial charge in [0.05, 0.1) is 18.1 Å². The second-order valence-corrected chi connectivity index (χ2v) is 5.18. The van der Waals surface area contributed by atoms with Gasteiger partial charge in [0.1, 0.15) is 5.75 Å². The third kappa shape index (κ3) is 4.01. The van der Waals surface area contributed by atoms with E-state index in [0.717, 1.165) is 11.1 Å². The summed E-state index contributed by atoms with van der Waals surface area (Å²) < 4.78 is 10.2. The molecule has 0 spiro atoms. The number of nitrogens with one attached hydrogen (secondary N) is 1. The molecule has 0 radical (unpaired) electrons. The molecule has 2 rings (SSSR count). The molecule has 0 fully saturated rings. The molecule has 0 aliphatic carbocycles. The molecule has 7 heteroatoms. The first-order chi connectivity index (χ1) is 11.4. The van der Waals surface area contributed by atoms with Crippen molar-refractivity contribution in [1.29, 1.82) is 0 Å². The number of nitro benzene ring substituents is 1. The largest absolute Gasteiger partial charge is 0.496 e. The average Bonchev–Trinajstić information content (AvgIpc) is 2.57. The summed E-state index contributed by atoms with van der Waals surface area (Å²) in [4.78, 5) is 22.5. The van der Waals surface area contributed by atoms with Gasteiger partial charge < -0.3 is 14.8 Å². The van der Waals surface area contributed by atoms with Gasteiger partial charge in [-0.05, 0) is 43.2 Å². The quantitative estimate of drug-likeness (QED) is 0.648. The van der Waals surface area contributed by atoms with Crippen molar-refractivity contribution in [1.82, 2.24) is 0 Å². The number of carbonyl (C=O) groups is 1.